The Kier molecular flexibility index (Phi) is 14.2. The van der Waals surface area contributed by atoms with Crippen LogP contribution in [0.5, 0.6) is 5.75 Å². The summed E-state index contributed by atoms with van der Waals surface area (Å²) in [4.78, 5) is 21.2. The smallest absolute Gasteiger partial charge is 0.338 e. The summed E-state index contributed by atoms with van der Waals surface area (Å²) in [5.41, 5.74) is 3.30. The maximum absolute atomic E-state index is 13.8. The van der Waals surface area contributed by atoms with E-state index in [0.717, 1.165) is 36.0 Å². The second kappa shape index (κ2) is 18.1. The normalized spacial score (nSPS) is 11.8. The lowest BCUT2D eigenvalue weighted by Gasteiger charge is -2.09. The van der Waals surface area contributed by atoms with Crippen LogP contribution in [0.4, 0.5) is 4.39 Å². The van der Waals surface area contributed by atoms with Gasteiger partial charge >= 0.3 is 5.97 Å². The Balaban J connectivity index is 1.41. The minimum atomic E-state index is -1.11. The van der Waals surface area contributed by atoms with Gasteiger partial charge in [-0.05, 0) is 36.1 Å². The summed E-state index contributed by atoms with van der Waals surface area (Å²) < 4.78 is 24.7. The third-order valence-electron chi connectivity index (χ3n) is 7.01. The fourth-order valence-electron chi connectivity index (χ4n) is 4.51. The number of nitrogens with zero attached hydrogens (tertiary/aromatic N) is 2. The number of rotatable bonds is 19. The number of carbonyl (C=O) groups is 1. The van der Waals surface area contributed by atoms with Crippen molar-refractivity contribution in [2.75, 3.05) is 13.2 Å². The molecule has 216 valence electrons. The van der Waals surface area contributed by atoms with Crippen molar-refractivity contribution in [3.63, 3.8) is 0 Å². The van der Waals surface area contributed by atoms with Gasteiger partial charge < -0.3 is 9.47 Å². The van der Waals surface area contributed by atoms with E-state index in [0.29, 0.717) is 30.2 Å². The summed E-state index contributed by atoms with van der Waals surface area (Å²) in [6.07, 6.45) is 16.1. The molecule has 2 aromatic carbocycles. The molecule has 0 spiro atoms. The zero-order chi connectivity index (χ0) is 28.4. The van der Waals surface area contributed by atoms with Gasteiger partial charge in [0.05, 0.1) is 24.6 Å². The zero-order valence-electron chi connectivity index (χ0n) is 24.2. The predicted molar refractivity (Wildman–Crippen MR) is 160 cm³/mol. The van der Waals surface area contributed by atoms with Crippen molar-refractivity contribution >= 4 is 5.97 Å². The summed E-state index contributed by atoms with van der Waals surface area (Å²) in [7, 11) is 0. The average Bonchev–Trinajstić information content (AvgIpc) is 3.00. The van der Waals surface area contributed by atoms with Crippen LogP contribution in [-0.4, -0.2) is 35.3 Å². The molecule has 0 radical (unpaired) electrons. The van der Waals surface area contributed by atoms with Gasteiger partial charge in [0, 0.05) is 5.56 Å². The number of unbranched alkanes of at least 4 members (excludes halogenated alkanes) is 9. The van der Waals surface area contributed by atoms with E-state index in [9.17, 15) is 9.18 Å². The van der Waals surface area contributed by atoms with Crippen molar-refractivity contribution in [1.82, 2.24) is 9.97 Å². The molecular formula is C34H45FN2O3. The highest BCUT2D eigenvalue weighted by molar-refractivity contribution is 5.90. The largest absolute Gasteiger partial charge is 0.490 e. The molecule has 0 fully saturated rings. The first-order valence-corrected chi connectivity index (χ1v) is 15.1. The van der Waals surface area contributed by atoms with E-state index in [4.69, 9.17) is 9.47 Å². The summed E-state index contributed by atoms with van der Waals surface area (Å²) in [6.45, 7) is 4.76. The Morgan fingerprint density at radius 2 is 1.25 bits per heavy atom. The molecule has 0 amide bonds. The van der Waals surface area contributed by atoms with E-state index in [1.54, 1.807) is 24.5 Å². The molecular weight excluding hydrogens is 503 g/mol. The lowest BCUT2D eigenvalue weighted by atomic mass is 10.0. The number of esters is 1. The fraction of sp³-hybridized carbons (Fsp3) is 0.500. The van der Waals surface area contributed by atoms with Crippen molar-refractivity contribution < 1.29 is 18.7 Å². The van der Waals surface area contributed by atoms with Gasteiger partial charge in [0.1, 0.15) is 12.8 Å². The Hall–Kier alpha value is -3.28. The molecule has 0 saturated heterocycles. The SMILES string of the molecule is CCCCCCCCCCCOc1cnc(-c2ccc(-c3ccc(C(=O)OC[C@H](F)CCCC)cc3)cc2)nc1. The molecule has 6 heteroatoms. The van der Waals surface area contributed by atoms with Crippen LogP contribution in [0, 0.1) is 0 Å². The molecule has 0 aliphatic carbocycles. The van der Waals surface area contributed by atoms with Crippen LogP contribution in [0.2, 0.25) is 0 Å². The van der Waals surface area contributed by atoms with Crippen molar-refractivity contribution in [3.8, 4) is 28.3 Å². The van der Waals surface area contributed by atoms with Gasteiger partial charge in [-0.2, -0.15) is 0 Å². The van der Waals surface area contributed by atoms with Gasteiger partial charge in [-0.3, -0.25) is 0 Å². The number of benzene rings is 2. The topological polar surface area (TPSA) is 61.3 Å². The van der Waals surface area contributed by atoms with Gasteiger partial charge in [-0.1, -0.05) is 114 Å². The van der Waals surface area contributed by atoms with Crippen LogP contribution < -0.4 is 4.74 Å². The molecule has 0 unspecified atom stereocenters. The maximum Gasteiger partial charge on any atom is 0.338 e. The lowest BCUT2D eigenvalue weighted by Crippen LogP contribution is -2.15. The summed E-state index contributed by atoms with van der Waals surface area (Å²) in [5.74, 6) is 0.838. The van der Waals surface area contributed by atoms with E-state index in [-0.39, 0.29) is 6.61 Å². The predicted octanol–water partition coefficient (Wildman–Crippen LogP) is 9.41. The minimum absolute atomic E-state index is 0.198. The molecule has 0 aliphatic rings. The zero-order valence-corrected chi connectivity index (χ0v) is 24.2. The van der Waals surface area contributed by atoms with Gasteiger partial charge in [0.2, 0.25) is 0 Å². The number of aromatic nitrogens is 2. The molecule has 1 aromatic heterocycles. The Morgan fingerprint density at radius 1 is 0.725 bits per heavy atom. The van der Waals surface area contributed by atoms with Gasteiger partial charge in [-0.15, -0.1) is 0 Å². The highest BCUT2D eigenvalue weighted by atomic mass is 19.1. The van der Waals surface area contributed by atoms with Crippen molar-refractivity contribution in [2.24, 2.45) is 0 Å². The lowest BCUT2D eigenvalue weighted by molar-refractivity contribution is 0.0389. The van der Waals surface area contributed by atoms with Gasteiger partial charge in [0.15, 0.2) is 11.6 Å². The molecule has 0 aliphatic heterocycles. The van der Waals surface area contributed by atoms with E-state index in [2.05, 4.69) is 16.9 Å². The fourth-order valence-corrected chi connectivity index (χ4v) is 4.51. The first-order chi connectivity index (χ1) is 19.6. The summed E-state index contributed by atoms with van der Waals surface area (Å²) >= 11 is 0. The molecule has 3 rings (SSSR count). The van der Waals surface area contributed by atoms with E-state index < -0.39 is 12.1 Å². The number of ether oxygens (including phenoxy) is 2. The summed E-state index contributed by atoms with van der Waals surface area (Å²) in [6, 6.07) is 15.1. The van der Waals surface area contributed by atoms with E-state index in [1.165, 1.54) is 51.4 Å². The standard InChI is InChI=1S/C34H45FN2O3/c1-3-5-7-8-9-10-11-12-13-23-39-32-24-36-33(37-25-32)29-19-15-27(16-20-29)28-17-21-30(22-18-28)34(38)40-26-31(35)14-6-4-2/h15-22,24-25,31H,3-14,23,26H2,1-2H3/t31-/m1/s1. The van der Waals surface area contributed by atoms with Crippen LogP contribution >= 0.6 is 0 Å². The first kappa shape index (κ1) is 31.3. The quantitative estimate of drug-likeness (QED) is 0.110. The molecule has 0 N–H and O–H groups in total. The van der Waals surface area contributed by atoms with E-state index in [1.807, 2.05) is 43.3 Å². The number of hydrogen-bond acceptors (Lipinski definition) is 5. The Labute approximate surface area is 239 Å². The first-order valence-electron chi connectivity index (χ1n) is 15.1. The maximum atomic E-state index is 13.8. The molecule has 3 aromatic rings. The van der Waals surface area contributed by atoms with Crippen LogP contribution in [0.3, 0.4) is 0 Å². The molecule has 0 saturated carbocycles. The number of hydrogen-bond donors (Lipinski definition) is 0. The number of carbonyl (C=O) groups excluding carboxylic acids is 1. The number of alkyl halides is 1. The molecule has 1 heterocycles. The van der Waals surface area contributed by atoms with Crippen molar-refractivity contribution in [2.45, 2.75) is 97.1 Å². The van der Waals surface area contributed by atoms with Crippen LogP contribution in [0.25, 0.3) is 22.5 Å². The second-order valence-corrected chi connectivity index (χ2v) is 10.4. The molecule has 5 nitrogen and oxygen atoms in total. The van der Waals surface area contributed by atoms with Crippen molar-refractivity contribution in [1.29, 1.82) is 0 Å². The monoisotopic (exact) mass is 548 g/mol. The second-order valence-electron chi connectivity index (χ2n) is 10.4. The van der Waals surface area contributed by atoms with Gasteiger partial charge in [-0.25, -0.2) is 19.2 Å². The Morgan fingerprint density at radius 3 is 1.85 bits per heavy atom. The van der Waals surface area contributed by atoms with Crippen LogP contribution in [-0.2, 0) is 4.74 Å². The Bertz CT molecular complexity index is 1100. The minimum Gasteiger partial charge on any atom is -0.490 e. The highest BCUT2D eigenvalue weighted by Gasteiger charge is 2.12. The molecule has 0 bridgehead atoms. The average molecular weight is 549 g/mol. The van der Waals surface area contributed by atoms with Crippen LogP contribution in [0.15, 0.2) is 60.9 Å². The van der Waals surface area contributed by atoms with Crippen molar-refractivity contribution in [3.05, 3.63) is 66.5 Å². The van der Waals surface area contributed by atoms with Gasteiger partial charge in [0.25, 0.3) is 0 Å². The highest BCUT2D eigenvalue weighted by Crippen LogP contribution is 2.24. The third-order valence-corrected chi connectivity index (χ3v) is 7.01. The third kappa shape index (κ3) is 11.1. The summed E-state index contributed by atoms with van der Waals surface area (Å²) in [5, 5.41) is 0. The van der Waals surface area contributed by atoms with Crippen LogP contribution in [0.1, 0.15) is 101 Å². The van der Waals surface area contributed by atoms with E-state index >= 15 is 0 Å². The molecule has 40 heavy (non-hydrogen) atoms. The number of halogens is 1. The molecule has 1 atom stereocenters.